The Kier molecular flexibility index (Phi) is 6.42. The van der Waals surface area contributed by atoms with E-state index >= 15 is 0 Å². The summed E-state index contributed by atoms with van der Waals surface area (Å²) in [5.74, 6) is -5.05. The first kappa shape index (κ1) is 23.6. The molecule has 1 atom stereocenters. The number of rotatable bonds is 5. The van der Waals surface area contributed by atoms with Crippen LogP contribution in [0.2, 0.25) is 5.02 Å². The third-order valence-corrected chi connectivity index (χ3v) is 6.45. The maximum Gasteiger partial charge on any atom is 0.459 e. The first-order chi connectivity index (χ1) is 15.6. The van der Waals surface area contributed by atoms with E-state index in [4.69, 9.17) is 11.6 Å². The number of anilines is 1. The topological polar surface area (TPSA) is 15.6 Å². The van der Waals surface area contributed by atoms with Crippen molar-refractivity contribution in [3.05, 3.63) is 83.4 Å². The Morgan fingerprint density at radius 3 is 2.24 bits per heavy atom. The molecule has 0 fully saturated rings. The minimum Gasteiger partial charge on any atom is -0.256 e. The summed E-state index contributed by atoms with van der Waals surface area (Å²) in [6.07, 6.45) is -4.38. The van der Waals surface area contributed by atoms with E-state index in [1.54, 1.807) is 48.2 Å². The first-order valence-corrected chi connectivity index (χ1v) is 11.5. The van der Waals surface area contributed by atoms with E-state index in [1.807, 2.05) is 36.6 Å². The standard InChI is InChI=1S/C24H18ClF5N2S/c1-33-18-9-5-7-16(13-18)15-6-4-8-17(12-15)21-14-22(23(26,27)24(28,29)30)31-32(21)20-11-3-2-10-19(20)25/h2-13,21H,14H2,1H3. The van der Waals surface area contributed by atoms with E-state index in [1.165, 1.54) is 6.07 Å². The van der Waals surface area contributed by atoms with Gasteiger partial charge >= 0.3 is 12.1 Å². The molecule has 33 heavy (non-hydrogen) atoms. The van der Waals surface area contributed by atoms with E-state index in [0.29, 0.717) is 5.56 Å². The van der Waals surface area contributed by atoms with Gasteiger partial charge in [-0.1, -0.05) is 54.1 Å². The molecular formula is C24H18ClF5N2S. The van der Waals surface area contributed by atoms with Crippen molar-refractivity contribution in [3.8, 4) is 11.1 Å². The fourth-order valence-electron chi connectivity index (χ4n) is 3.71. The smallest absolute Gasteiger partial charge is 0.256 e. The molecule has 0 saturated carbocycles. The number of hydrogen-bond acceptors (Lipinski definition) is 3. The highest BCUT2D eigenvalue weighted by molar-refractivity contribution is 7.98. The minimum atomic E-state index is -5.74. The maximum atomic E-state index is 14.2. The number of thioether (sulfide) groups is 1. The molecule has 1 aliphatic rings. The summed E-state index contributed by atoms with van der Waals surface area (Å²) in [7, 11) is 0. The van der Waals surface area contributed by atoms with E-state index in [2.05, 4.69) is 5.10 Å². The van der Waals surface area contributed by atoms with Gasteiger partial charge in [0, 0.05) is 11.3 Å². The molecule has 1 aliphatic heterocycles. The van der Waals surface area contributed by atoms with Gasteiger partial charge in [0.15, 0.2) is 0 Å². The molecule has 4 rings (SSSR count). The number of hydrazone groups is 1. The lowest BCUT2D eigenvalue weighted by Crippen LogP contribution is -2.43. The summed E-state index contributed by atoms with van der Waals surface area (Å²) in [4.78, 5) is 1.05. The number of para-hydroxylation sites is 1. The average Bonchev–Trinajstić information content (AvgIpc) is 3.25. The quantitative estimate of drug-likeness (QED) is 0.261. The Morgan fingerprint density at radius 1 is 0.909 bits per heavy atom. The molecule has 172 valence electrons. The predicted molar refractivity (Wildman–Crippen MR) is 123 cm³/mol. The lowest BCUT2D eigenvalue weighted by atomic mass is 9.95. The number of halogens is 6. The summed E-state index contributed by atoms with van der Waals surface area (Å²) in [6.45, 7) is 0. The molecule has 0 saturated heterocycles. The monoisotopic (exact) mass is 496 g/mol. The van der Waals surface area contributed by atoms with E-state index in [-0.39, 0.29) is 10.7 Å². The molecule has 0 N–H and O–H groups in total. The van der Waals surface area contributed by atoms with Crippen LogP contribution in [0.25, 0.3) is 11.1 Å². The average molecular weight is 497 g/mol. The normalized spacial score (nSPS) is 16.8. The molecule has 0 aromatic heterocycles. The van der Waals surface area contributed by atoms with Crippen LogP contribution in [0.1, 0.15) is 18.0 Å². The second-order valence-corrected chi connectivity index (χ2v) is 8.78. The number of hydrogen-bond donors (Lipinski definition) is 0. The fourth-order valence-corrected chi connectivity index (χ4v) is 4.39. The van der Waals surface area contributed by atoms with Crippen LogP contribution >= 0.6 is 23.4 Å². The summed E-state index contributed by atoms with van der Waals surface area (Å²) < 4.78 is 67.8. The van der Waals surface area contributed by atoms with Crippen molar-refractivity contribution >= 4 is 34.8 Å². The van der Waals surface area contributed by atoms with Gasteiger partial charge in [0.25, 0.3) is 0 Å². The summed E-state index contributed by atoms with van der Waals surface area (Å²) in [6, 6.07) is 20.3. The van der Waals surface area contributed by atoms with E-state index in [0.717, 1.165) is 21.0 Å². The molecular weight excluding hydrogens is 479 g/mol. The SMILES string of the molecule is CSc1cccc(-c2cccc(C3CC(C(F)(F)C(F)(F)F)=NN3c3ccccc3Cl)c2)c1. The molecule has 3 aromatic carbocycles. The summed E-state index contributed by atoms with van der Waals surface area (Å²) >= 11 is 7.83. The third-order valence-electron chi connectivity index (χ3n) is 5.40. The largest absolute Gasteiger partial charge is 0.459 e. The van der Waals surface area contributed by atoms with Crippen molar-refractivity contribution in [2.45, 2.75) is 29.5 Å². The highest BCUT2D eigenvalue weighted by atomic mass is 35.5. The lowest BCUT2D eigenvalue weighted by Gasteiger charge is -2.25. The van der Waals surface area contributed by atoms with Crippen molar-refractivity contribution in [1.82, 2.24) is 0 Å². The summed E-state index contributed by atoms with van der Waals surface area (Å²) in [5.41, 5.74) is 1.30. The van der Waals surface area contributed by atoms with Gasteiger partial charge in [-0.15, -0.1) is 11.8 Å². The minimum absolute atomic E-state index is 0.201. The number of nitrogens with zero attached hydrogens (tertiary/aromatic N) is 2. The molecule has 0 radical (unpaired) electrons. The second kappa shape index (κ2) is 8.99. The van der Waals surface area contributed by atoms with Gasteiger partial charge in [0.05, 0.1) is 16.8 Å². The van der Waals surface area contributed by atoms with Crippen LogP contribution in [-0.2, 0) is 0 Å². The van der Waals surface area contributed by atoms with Crippen LogP contribution in [0.3, 0.4) is 0 Å². The van der Waals surface area contributed by atoms with E-state index in [9.17, 15) is 22.0 Å². The Hall–Kier alpha value is -2.58. The Labute approximate surface area is 197 Å². The lowest BCUT2D eigenvalue weighted by molar-refractivity contribution is -0.249. The van der Waals surface area contributed by atoms with Crippen LogP contribution in [0.5, 0.6) is 0 Å². The van der Waals surface area contributed by atoms with Gasteiger partial charge in [0.2, 0.25) is 0 Å². The zero-order chi connectivity index (χ0) is 23.8. The Balaban J connectivity index is 1.78. The highest BCUT2D eigenvalue weighted by Crippen LogP contribution is 2.46. The van der Waals surface area contributed by atoms with Crippen LogP contribution < -0.4 is 5.01 Å². The van der Waals surface area contributed by atoms with Gasteiger partial charge in [-0.2, -0.15) is 27.1 Å². The first-order valence-electron chi connectivity index (χ1n) is 9.92. The van der Waals surface area contributed by atoms with Gasteiger partial charge in [-0.3, -0.25) is 5.01 Å². The van der Waals surface area contributed by atoms with E-state index < -0.39 is 30.3 Å². The fraction of sp³-hybridized carbons (Fsp3) is 0.208. The van der Waals surface area contributed by atoms with Crippen molar-refractivity contribution in [2.24, 2.45) is 5.10 Å². The molecule has 0 bridgehead atoms. The molecule has 0 aliphatic carbocycles. The molecule has 3 aromatic rings. The van der Waals surface area contributed by atoms with Crippen molar-refractivity contribution < 1.29 is 22.0 Å². The second-order valence-electron chi connectivity index (χ2n) is 7.49. The van der Waals surface area contributed by atoms with Gasteiger partial charge in [-0.05, 0) is 53.3 Å². The number of benzene rings is 3. The Morgan fingerprint density at radius 2 is 1.58 bits per heavy atom. The van der Waals surface area contributed by atoms with Crippen LogP contribution in [0.4, 0.5) is 27.6 Å². The van der Waals surface area contributed by atoms with Gasteiger partial charge in [-0.25, -0.2) is 0 Å². The zero-order valence-corrected chi connectivity index (χ0v) is 18.9. The molecule has 0 spiro atoms. The highest BCUT2D eigenvalue weighted by Gasteiger charge is 2.62. The Bertz CT molecular complexity index is 1200. The van der Waals surface area contributed by atoms with Crippen LogP contribution in [0.15, 0.2) is 82.8 Å². The predicted octanol–water partition coefficient (Wildman–Crippen LogP) is 8.23. The number of alkyl halides is 5. The van der Waals surface area contributed by atoms with Crippen molar-refractivity contribution in [3.63, 3.8) is 0 Å². The molecule has 1 unspecified atom stereocenters. The molecule has 0 amide bonds. The van der Waals surface area contributed by atoms with Gasteiger partial charge in [0.1, 0.15) is 5.71 Å². The molecule has 2 nitrogen and oxygen atoms in total. The van der Waals surface area contributed by atoms with Crippen molar-refractivity contribution in [1.29, 1.82) is 0 Å². The maximum absolute atomic E-state index is 14.2. The van der Waals surface area contributed by atoms with Crippen molar-refractivity contribution in [2.75, 3.05) is 11.3 Å². The van der Waals surface area contributed by atoms with Crippen LogP contribution in [-0.4, -0.2) is 24.1 Å². The third kappa shape index (κ3) is 4.59. The summed E-state index contributed by atoms with van der Waals surface area (Å²) in [5, 5.41) is 5.10. The molecule has 1 heterocycles. The van der Waals surface area contributed by atoms with Crippen LogP contribution in [0, 0.1) is 0 Å². The molecule has 9 heteroatoms. The zero-order valence-electron chi connectivity index (χ0n) is 17.3. The van der Waals surface area contributed by atoms with Gasteiger partial charge < -0.3 is 0 Å².